The number of hydrogen-bond acceptors (Lipinski definition) is 5. The molecule has 1 saturated heterocycles. The molecule has 2 N–H and O–H groups in total. The Bertz CT molecular complexity index is 829. The number of anilines is 1. The van der Waals surface area contributed by atoms with Gasteiger partial charge in [0.2, 0.25) is 11.8 Å². The van der Waals surface area contributed by atoms with Crippen LogP contribution < -0.4 is 10.6 Å². The van der Waals surface area contributed by atoms with Gasteiger partial charge in [-0.25, -0.2) is 0 Å². The summed E-state index contributed by atoms with van der Waals surface area (Å²) in [4.78, 5) is 30.2. The Morgan fingerprint density at radius 2 is 1.66 bits per heavy atom. The van der Waals surface area contributed by atoms with Gasteiger partial charge in [0.05, 0.1) is 19.1 Å². The minimum absolute atomic E-state index is 0.00895. The minimum atomic E-state index is 0.00895. The Balaban J connectivity index is 1.39. The quantitative estimate of drug-likeness (QED) is 0.731. The standard InChI is InChI=1S/C22H30N4O2S/c1-16-6-4-7-19(17(16)2)24-22(28)15-26-11-9-25(10-12-26)14-21(27)23-18(3)20-8-5-13-29-20/h4-8,13,18H,9-12,14-15H2,1-3H3,(H,23,27)(H,24,28)/t18-/m0/s1. The summed E-state index contributed by atoms with van der Waals surface area (Å²) in [5.41, 5.74) is 3.15. The van der Waals surface area contributed by atoms with Crippen LogP contribution in [0.2, 0.25) is 0 Å². The highest BCUT2D eigenvalue weighted by Crippen LogP contribution is 2.19. The third kappa shape index (κ3) is 6.13. The van der Waals surface area contributed by atoms with Crippen LogP contribution in [0, 0.1) is 13.8 Å². The molecule has 1 aromatic heterocycles. The summed E-state index contributed by atoms with van der Waals surface area (Å²) in [6.07, 6.45) is 0. The Morgan fingerprint density at radius 1 is 1.00 bits per heavy atom. The molecule has 0 radical (unpaired) electrons. The summed E-state index contributed by atoms with van der Waals surface area (Å²) >= 11 is 1.65. The van der Waals surface area contributed by atoms with E-state index in [4.69, 9.17) is 0 Å². The van der Waals surface area contributed by atoms with Gasteiger partial charge in [-0.3, -0.25) is 19.4 Å². The van der Waals surface area contributed by atoms with Gasteiger partial charge in [-0.05, 0) is 49.4 Å². The second-order valence-electron chi connectivity index (χ2n) is 7.65. The molecule has 3 rings (SSSR count). The number of nitrogens with one attached hydrogen (secondary N) is 2. The molecule has 0 spiro atoms. The predicted octanol–water partition coefficient (Wildman–Crippen LogP) is 2.80. The molecule has 2 aromatic rings. The highest BCUT2D eigenvalue weighted by Gasteiger charge is 2.21. The van der Waals surface area contributed by atoms with Crippen LogP contribution in [0.1, 0.15) is 29.0 Å². The maximum absolute atomic E-state index is 12.4. The third-order valence-electron chi connectivity index (χ3n) is 5.43. The Morgan fingerprint density at radius 3 is 2.28 bits per heavy atom. The van der Waals surface area contributed by atoms with E-state index in [9.17, 15) is 9.59 Å². The molecule has 7 heteroatoms. The lowest BCUT2D eigenvalue weighted by atomic mass is 10.1. The molecule has 29 heavy (non-hydrogen) atoms. The SMILES string of the molecule is Cc1cccc(NC(=O)CN2CCN(CC(=O)N[C@@H](C)c3cccs3)CC2)c1C. The van der Waals surface area contributed by atoms with E-state index in [2.05, 4.69) is 20.4 Å². The molecule has 0 aliphatic carbocycles. The maximum Gasteiger partial charge on any atom is 0.238 e. The molecule has 2 heterocycles. The highest BCUT2D eigenvalue weighted by atomic mass is 32.1. The monoisotopic (exact) mass is 414 g/mol. The first kappa shape index (κ1) is 21.5. The summed E-state index contributed by atoms with van der Waals surface area (Å²) in [5.74, 6) is 0.0571. The van der Waals surface area contributed by atoms with E-state index in [1.165, 1.54) is 5.56 Å². The lowest BCUT2D eigenvalue weighted by Gasteiger charge is -2.34. The van der Waals surface area contributed by atoms with Crippen molar-refractivity contribution in [2.24, 2.45) is 0 Å². The van der Waals surface area contributed by atoms with Gasteiger partial charge >= 0.3 is 0 Å². The first-order valence-corrected chi connectivity index (χ1v) is 10.9. The number of nitrogens with zero attached hydrogens (tertiary/aromatic N) is 2. The lowest BCUT2D eigenvalue weighted by molar-refractivity contribution is -0.124. The van der Waals surface area contributed by atoms with E-state index >= 15 is 0 Å². The van der Waals surface area contributed by atoms with Crippen molar-refractivity contribution in [3.05, 3.63) is 51.7 Å². The van der Waals surface area contributed by atoms with E-state index in [1.54, 1.807) is 11.3 Å². The number of piperazine rings is 1. The maximum atomic E-state index is 12.4. The molecule has 156 valence electrons. The fraction of sp³-hybridized carbons (Fsp3) is 0.455. The number of carbonyl (C=O) groups excluding carboxylic acids is 2. The Kier molecular flexibility index (Phi) is 7.41. The molecule has 1 aromatic carbocycles. The van der Waals surface area contributed by atoms with Gasteiger partial charge in [0.25, 0.3) is 0 Å². The lowest BCUT2D eigenvalue weighted by Crippen LogP contribution is -2.51. The van der Waals surface area contributed by atoms with Crippen LogP contribution >= 0.6 is 11.3 Å². The van der Waals surface area contributed by atoms with Crippen LogP contribution in [0.5, 0.6) is 0 Å². The molecule has 1 atom stereocenters. The first-order chi connectivity index (χ1) is 13.9. The van der Waals surface area contributed by atoms with Gasteiger partial charge in [0.1, 0.15) is 0 Å². The van der Waals surface area contributed by atoms with E-state index in [0.717, 1.165) is 42.3 Å². The topological polar surface area (TPSA) is 64.7 Å². The van der Waals surface area contributed by atoms with Crippen molar-refractivity contribution < 1.29 is 9.59 Å². The highest BCUT2D eigenvalue weighted by molar-refractivity contribution is 7.10. The van der Waals surface area contributed by atoms with Crippen LogP contribution in [-0.2, 0) is 9.59 Å². The summed E-state index contributed by atoms with van der Waals surface area (Å²) in [6.45, 7) is 10.0. The average Bonchev–Trinajstić information content (AvgIpc) is 3.22. The van der Waals surface area contributed by atoms with Crippen LogP contribution in [-0.4, -0.2) is 60.9 Å². The van der Waals surface area contributed by atoms with E-state index < -0.39 is 0 Å². The molecule has 1 aliphatic heterocycles. The van der Waals surface area contributed by atoms with Gasteiger partial charge < -0.3 is 10.6 Å². The normalized spacial score (nSPS) is 16.4. The Hall–Kier alpha value is -2.22. The molecular weight excluding hydrogens is 384 g/mol. The number of carbonyl (C=O) groups is 2. The fourth-order valence-electron chi connectivity index (χ4n) is 3.48. The summed E-state index contributed by atoms with van der Waals surface area (Å²) in [5, 5.41) is 8.10. The van der Waals surface area contributed by atoms with Crippen LogP contribution in [0.25, 0.3) is 0 Å². The van der Waals surface area contributed by atoms with Crippen molar-refractivity contribution in [3.8, 4) is 0 Å². The van der Waals surface area contributed by atoms with Crippen molar-refractivity contribution in [1.82, 2.24) is 15.1 Å². The van der Waals surface area contributed by atoms with Crippen molar-refractivity contribution in [2.45, 2.75) is 26.8 Å². The number of amides is 2. The molecule has 0 bridgehead atoms. The molecular formula is C22H30N4O2S. The number of benzene rings is 1. The second-order valence-corrected chi connectivity index (χ2v) is 8.63. The van der Waals surface area contributed by atoms with Gasteiger partial charge in [0, 0.05) is 36.7 Å². The average molecular weight is 415 g/mol. The van der Waals surface area contributed by atoms with Crippen molar-refractivity contribution in [1.29, 1.82) is 0 Å². The molecule has 0 unspecified atom stereocenters. The third-order valence-corrected chi connectivity index (χ3v) is 6.48. The predicted molar refractivity (Wildman–Crippen MR) is 118 cm³/mol. The smallest absolute Gasteiger partial charge is 0.238 e. The van der Waals surface area contributed by atoms with Crippen LogP contribution in [0.15, 0.2) is 35.7 Å². The second kappa shape index (κ2) is 10.0. The van der Waals surface area contributed by atoms with Crippen molar-refractivity contribution in [2.75, 3.05) is 44.6 Å². The molecule has 6 nitrogen and oxygen atoms in total. The van der Waals surface area contributed by atoms with Gasteiger partial charge in [-0.1, -0.05) is 18.2 Å². The van der Waals surface area contributed by atoms with Crippen LogP contribution in [0.4, 0.5) is 5.69 Å². The van der Waals surface area contributed by atoms with E-state index in [1.807, 2.05) is 56.5 Å². The number of rotatable bonds is 7. The van der Waals surface area contributed by atoms with Gasteiger partial charge in [-0.15, -0.1) is 11.3 Å². The molecule has 2 amide bonds. The summed E-state index contributed by atoms with van der Waals surface area (Å²) in [7, 11) is 0. The summed E-state index contributed by atoms with van der Waals surface area (Å²) < 4.78 is 0. The van der Waals surface area contributed by atoms with Crippen molar-refractivity contribution >= 4 is 28.8 Å². The van der Waals surface area contributed by atoms with E-state index in [-0.39, 0.29) is 17.9 Å². The number of hydrogen-bond donors (Lipinski definition) is 2. The van der Waals surface area contributed by atoms with Crippen LogP contribution in [0.3, 0.4) is 0 Å². The number of aryl methyl sites for hydroxylation is 1. The zero-order chi connectivity index (χ0) is 20.8. The fourth-order valence-corrected chi connectivity index (χ4v) is 4.22. The van der Waals surface area contributed by atoms with Gasteiger partial charge in [0.15, 0.2) is 0 Å². The van der Waals surface area contributed by atoms with E-state index in [0.29, 0.717) is 13.1 Å². The molecule has 0 saturated carbocycles. The zero-order valence-electron chi connectivity index (χ0n) is 17.4. The molecule has 1 aliphatic rings. The Labute approximate surface area is 176 Å². The summed E-state index contributed by atoms with van der Waals surface area (Å²) in [6, 6.07) is 10.0. The number of thiophene rings is 1. The largest absolute Gasteiger partial charge is 0.348 e. The van der Waals surface area contributed by atoms with Crippen molar-refractivity contribution in [3.63, 3.8) is 0 Å². The minimum Gasteiger partial charge on any atom is -0.348 e. The zero-order valence-corrected chi connectivity index (χ0v) is 18.2. The van der Waals surface area contributed by atoms with Gasteiger partial charge in [-0.2, -0.15) is 0 Å². The molecule has 1 fully saturated rings. The first-order valence-electron chi connectivity index (χ1n) is 10.1.